The van der Waals surface area contributed by atoms with E-state index in [0.29, 0.717) is 5.41 Å². The fraction of sp³-hybridized carbons (Fsp3) is 1.00. The minimum absolute atomic E-state index is 0.407. The molecule has 122 valence electrons. The predicted molar refractivity (Wildman–Crippen MR) is 92.3 cm³/mol. The van der Waals surface area contributed by atoms with Crippen molar-refractivity contribution in [2.45, 2.75) is 67.7 Å². The van der Waals surface area contributed by atoms with Crippen LogP contribution in [0.5, 0.6) is 0 Å². The molecule has 0 saturated carbocycles. The van der Waals surface area contributed by atoms with Crippen LogP contribution in [0.4, 0.5) is 0 Å². The number of hydrogen-bond donors (Lipinski definition) is 1. The normalized spacial score (nSPS) is 15.3. The van der Waals surface area contributed by atoms with Crippen LogP contribution in [-0.2, 0) is 0 Å². The topological polar surface area (TPSA) is 15.3 Å². The van der Waals surface area contributed by atoms with Gasteiger partial charge in [0.25, 0.3) is 0 Å². The van der Waals surface area contributed by atoms with Crippen LogP contribution in [0.2, 0.25) is 0 Å². The molecule has 1 N–H and O–H groups in total. The zero-order valence-corrected chi connectivity index (χ0v) is 15.3. The van der Waals surface area contributed by atoms with Gasteiger partial charge in [0.2, 0.25) is 0 Å². The summed E-state index contributed by atoms with van der Waals surface area (Å²) in [5.41, 5.74) is 0.407. The summed E-state index contributed by atoms with van der Waals surface area (Å²) in [5, 5.41) is 3.55. The fourth-order valence-corrected chi connectivity index (χ4v) is 2.41. The molecule has 0 spiro atoms. The molecule has 0 aromatic carbocycles. The molecule has 2 nitrogen and oxygen atoms in total. The highest BCUT2D eigenvalue weighted by atomic mass is 15.1. The summed E-state index contributed by atoms with van der Waals surface area (Å²) in [5.74, 6) is 1.61. The maximum absolute atomic E-state index is 3.55. The predicted octanol–water partition coefficient (Wildman–Crippen LogP) is 4.41. The Morgan fingerprint density at radius 1 is 0.950 bits per heavy atom. The quantitative estimate of drug-likeness (QED) is 0.571. The first kappa shape index (κ1) is 19.9. The van der Waals surface area contributed by atoms with E-state index >= 15 is 0 Å². The molecular formula is C18H40N2. The molecule has 2 heteroatoms. The third kappa shape index (κ3) is 9.77. The van der Waals surface area contributed by atoms with E-state index in [1.807, 2.05) is 0 Å². The first-order valence-corrected chi connectivity index (χ1v) is 8.76. The first-order valence-electron chi connectivity index (χ1n) is 8.76. The van der Waals surface area contributed by atoms with Gasteiger partial charge in [0.15, 0.2) is 0 Å². The van der Waals surface area contributed by atoms with Crippen LogP contribution in [0.15, 0.2) is 0 Å². The maximum atomic E-state index is 3.55. The lowest BCUT2D eigenvalue weighted by Gasteiger charge is -2.36. The van der Waals surface area contributed by atoms with Gasteiger partial charge in [-0.3, -0.25) is 0 Å². The van der Waals surface area contributed by atoms with E-state index in [1.54, 1.807) is 0 Å². The molecule has 0 aliphatic heterocycles. The van der Waals surface area contributed by atoms with E-state index in [2.05, 4.69) is 58.7 Å². The van der Waals surface area contributed by atoms with E-state index in [4.69, 9.17) is 0 Å². The molecule has 0 aliphatic rings. The Balaban J connectivity index is 4.47. The van der Waals surface area contributed by atoms with Crippen molar-refractivity contribution in [3.63, 3.8) is 0 Å². The summed E-state index contributed by atoms with van der Waals surface area (Å²) in [7, 11) is 0. The fourth-order valence-electron chi connectivity index (χ4n) is 2.41. The van der Waals surface area contributed by atoms with Crippen LogP contribution < -0.4 is 5.32 Å². The van der Waals surface area contributed by atoms with Crippen molar-refractivity contribution in [1.82, 2.24) is 10.2 Å². The van der Waals surface area contributed by atoms with E-state index < -0.39 is 0 Å². The summed E-state index contributed by atoms with van der Waals surface area (Å²) in [4.78, 5) is 2.71. The van der Waals surface area contributed by atoms with E-state index in [-0.39, 0.29) is 0 Å². The molecule has 0 rings (SSSR count). The highest BCUT2D eigenvalue weighted by Gasteiger charge is 2.24. The molecule has 1 unspecified atom stereocenters. The van der Waals surface area contributed by atoms with Crippen molar-refractivity contribution in [2.75, 3.05) is 32.7 Å². The lowest BCUT2D eigenvalue weighted by molar-refractivity contribution is 0.144. The first-order chi connectivity index (χ1) is 9.33. The smallest absolute Gasteiger partial charge is 0.00474 e. The van der Waals surface area contributed by atoms with Gasteiger partial charge < -0.3 is 10.2 Å². The maximum Gasteiger partial charge on any atom is 0.00474 e. The van der Waals surface area contributed by atoms with Gasteiger partial charge in [0.1, 0.15) is 0 Å². The number of nitrogens with zero attached hydrogens (tertiary/aromatic N) is 1. The van der Waals surface area contributed by atoms with Gasteiger partial charge >= 0.3 is 0 Å². The standard InChI is InChI=1S/C18H40N2/c1-8-18(7,14-19-9-2)15-20(12-10-16(3)4)13-11-17(5)6/h16-17,19H,8-15H2,1-7H3. The molecule has 0 aliphatic carbocycles. The Labute approximate surface area is 128 Å². The van der Waals surface area contributed by atoms with Crippen molar-refractivity contribution in [3.8, 4) is 0 Å². The Morgan fingerprint density at radius 3 is 1.80 bits per heavy atom. The molecule has 0 heterocycles. The van der Waals surface area contributed by atoms with Gasteiger partial charge in [-0.05, 0) is 56.1 Å². The molecule has 0 fully saturated rings. The van der Waals surface area contributed by atoms with E-state index in [0.717, 1.165) is 24.9 Å². The third-order valence-corrected chi connectivity index (χ3v) is 4.31. The average Bonchev–Trinajstić information content (AvgIpc) is 2.39. The third-order valence-electron chi connectivity index (χ3n) is 4.31. The Hall–Kier alpha value is -0.0800. The highest BCUT2D eigenvalue weighted by Crippen LogP contribution is 2.22. The molecule has 0 aromatic heterocycles. The second-order valence-electron chi connectivity index (χ2n) is 7.59. The molecule has 0 aromatic rings. The van der Waals surface area contributed by atoms with Crippen molar-refractivity contribution < 1.29 is 0 Å². The zero-order valence-electron chi connectivity index (χ0n) is 15.3. The summed E-state index contributed by atoms with van der Waals surface area (Å²) < 4.78 is 0. The second-order valence-corrected chi connectivity index (χ2v) is 7.59. The average molecular weight is 285 g/mol. The number of nitrogens with one attached hydrogen (secondary N) is 1. The minimum Gasteiger partial charge on any atom is -0.316 e. The summed E-state index contributed by atoms with van der Waals surface area (Å²) in [6, 6.07) is 0. The molecule has 0 saturated heterocycles. The molecule has 0 radical (unpaired) electrons. The van der Waals surface area contributed by atoms with E-state index in [9.17, 15) is 0 Å². The summed E-state index contributed by atoms with van der Waals surface area (Å²) >= 11 is 0. The lowest BCUT2D eigenvalue weighted by atomic mass is 9.86. The Kier molecular flexibility index (Phi) is 10.6. The molecule has 0 amide bonds. The largest absolute Gasteiger partial charge is 0.316 e. The second kappa shape index (κ2) is 10.6. The van der Waals surface area contributed by atoms with Crippen LogP contribution >= 0.6 is 0 Å². The Morgan fingerprint density at radius 2 is 1.45 bits per heavy atom. The van der Waals surface area contributed by atoms with Crippen LogP contribution in [0.25, 0.3) is 0 Å². The van der Waals surface area contributed by atoms with Gasteiger partial charge in [-0.1, -0.05) is 48.5 Å². The van der Waals surface area contributed by atoms with Crippen molar-refractivity contribution in [1.29, 1.82) is 0 Å². The molecule has 0 bridgehead atoms. The van der Waals surface area contributed by atoms with Crippen LogP contribution in [-0.4, -0.2) is 37.6 Å². The molecule has 1 atom stereocenters. The van der Waals surface area contributed by atoms with Crippen molar-refractivity contribution in [2.24, 2.45) is 17.3 Å². The number of hydrogen-bond acceptors (Lipinski definition) is 2. The van der Waals surface area contributed by atoms with Gasteiger partial charge in [0, 0.05) is 13.1 Å². The van der Waals surface area contributed by atoms with Crippen molar-refractivity contribution in [3.05, 3.63) is 0 Å². The minimum atomic E-state index is 0.407. The van der Waals surface area contributed by atoms with Gasteiger partial charge in [-0.15, -0.1) is 0 Å². The van der Waals surface area contributed by atoms with E-state index in [1.165, 1.54) is 38.9 Å². The van der Waals surface area contributed by atoms with Crippen LogP contribution in [0.1, 0.15) is 67.7 Å². The number of rotatable bonds is 12. The highest BCUT2D eigenvalue weighted by molar-refractivity contribution is 4.80. The summed E-state index contributed by atoms with van der Waals surface area (Å²) in [6.45, 7) is 22.3. The van der Waals surface area contributed by atoms with Crippen molar-refractivity contribution >= 4 is 0 Å². The van der Waals surface area contributed by atoms with Crippen LogP contribution in [0, 0.1) is 17.3 Å². The van der Waals surface area contributed by atoms with Crippen LogP contribution in [0.3, 0.4) is 0 Å². The van der Waals surface area contributed by atoms with Gasteiger partial charge in [0.05, 0.1) is 0 Å². The monoisotopic (exact) mass is 284 g/mol. The zero-order chi connectivity index (χ0) is 15.6. The SMILES string of the molecule is CCNCC(C)(CC)CN(CCC(C)C)CCC(C)C. The van der Waals surface area contributed by atoms with Gasteiger partial charge in [-0.25, -0.2) is 0 Å². The van der Waals surface area contributed by atoms with Gasteiger partial charge in [-0.2, -0.15) is 0 Å². The lowest BCUT2D eigenvalue weighted by Crippen LogP contribution is -2.43. The molecule has 20 heavy (non-hydrogen) atoms. The Bertz CT molecular complexity index is 213. The molecular weight excluding hydrogens is 244 g/mol. The summed E-state index contributed by atoms with van der Waals surface area (Å²) in [6.07, 6.45) is 3.89.